The van der Waals surface area contributed by atoms with Crippen LogP contribution in [0.25, 0.3) is 0 Å². The molecule has 0 aromatic carbocycles. The Hall–Kier alpha value is -0.630. The highest BCUT2D eigenvalue weighted by atomic mass is 15.2. The summed E-state index contributed by atoms with van der Waals surface area (Å²) in [4.78, 5) is 6.73. The van der Waals surface area contributed by atoms with Crippen LogP contribution in [0.1, 0.15) is 98.3 Å². The number of nitrogens with zero attached hydrogens (tertiary/aromatic N) is 1. The van der Waals surface area contributed by atoms with E-state index >= 15 is 0 Å². The van der Waals surface area contributed by atoms with Gasteiger partial charge < -0.3 is 0 Å². The highest BCUT2D eigenvalue weighted by molar-refractivity contribution is 5.77. The van der Waals surface area contributed by atoms with Crippen LogP contribution in [0.5, 0.6) is 0 Å². The van der Waals surface area contributed by atoms with Gasteiger partial charge in [0.2, 0.25) is 5.84 Å². The zero-order valence-corrected chi connectivity index (χ0v) is 14.9. The number of quaternary nitrogens is 1. The summed E-state index contributed by atoms with van der Waals surface area (Å²) in [6.45, 7) is 10.4. The van der Waals surface area contributed by atoms with Crippen LogP contribution in [0.2, 0.25) is 0 Å². The van der Waals surface area contributed by atoms with Crippen LogP contribution < -0.4 is 4.90 Å². The van der Waals surface area contributed by atoms with Gasteiger partial charge in [0.05, 0.1) is 6.54 Å². The summed E-state index contributed by atoms with van der Waals surface area (Å²) < 4.78 is 0. The maximum absolute atomic E-state index is 5.09. The summed E-state index contributed by atoms with van der Waals surface area (Å²) in [5.41, 5.74) is 3.09. The molecule has 2 nitrogen and oxygen atoms in total. The second-order valence-corrected chi connectivity index (χ2v) is 6.38. The number of allylic oxidation sites excluding steroid dienone is 2. The third kappa shape index (κ3) is 5.94. The molecule has 2 heteroatoms. The summed E-state index contributed by atoms with van der Waals surface area (Å²) >= 11 is 0. The minimum Gasteiger partial charge on any atom is -0.259 e. The zero-order valence-electron chi connectivity index (χ0n) is 14.9. The summed E-state index contributed by atoms with van der Waals surface area (Å²) in [7, 11) is 0. The molecule has 0 aromatic rings. The molecule has 1 atom stereocenters. The molecule has 0 radical (unpaired) electrons. The van der Waals surface area contributed by atoms with E-state index in [2.05, 4.69) is 27.7 Å². The average Bonchev–Trinajstić information content (AvgIpc) is 2.83. The molecule has 1 N–H and O–H groups in total. The van der Waals surface area contributed by atoms with Gasteiger partial charge in [0, 0.05) is 12.8 Å². The number of nitrogens with one attached hydrogen (secondary N) is 1. The van der Waals surface area contributed by atoms with E-state index in [9.17, 15) is 0 Å². The van der Waals surface area contributed by atoms with Gasteiger partial charge in [-0.2, -0.15) is 4.99 Å². The first-order valence-corrected chi connectivity index (χ1v) is 9.44. The fraction of sp³-hybridized carbons (Fsp3) is 0.842. The molecule has 0 aromatic heterocycles. The quantitative estimate of drug-likeness (QED) is 0.529. The Labute approximate surface area is 132 Å². The molecule has 1 heterocycles. The Morgan fingerprint density at radius 2 is 1.29 bits per heavy atom. The predicted octanol–water partition coefficient (Wildman–Crippen LogP) is 4.87. The van der Waals surface area contributed by atoms with Crippen LogP contribution in [-0.2, 0) is 0 Å². The molecule has 0 fully saturated rings. The third-order valence-electron chi connectivity index (χ3n) is 4.43. The van der Waals surface area contributed by atoms with Crippen LogP contribution in [0.15, 0.2) is 16.4 Å². The van der Waals surface area contributed by atoms with Gasteiger partial charge in [0.15, 0.2) is 0 Å². The van der Waals surface area contributed by atoms with E-state index in [4.69, 9.17) is 4.99 Å². The van der Waals surface area contributed by atoms with Crippen molar-refractivity contribution in [1.29, 1.82) is 0 Å². The molecule has 0 spiro atoms. The smallest absolute Gasteiger partial charge is 0.206 e. The minimum absolute atomic E-state index is 1.20. The Bertz CT molecular complexity index is 341. The largest absolute Gasteiger partial charge is 0.259 e. The lowest BCUT2D eigenvalue weighted by atomic mass is 10.1. The van der Waals surface area contributed by atoms with Gasteiger partial charge in [-0.05, 0) is 32.1 Å². The van der Waals surface area contributed by atoms with Crippen molar-refractivity contribution in [2.75, 3.05) is 6.54 Å². The first kappa shape index (κ1) is 18.4. The highest BCUT2D eigenvalue weighted by Gasteiger charge is 2.30. The van der Waals surface area contributed by atoms with Gasteiger partial charge in [0.25, 0.3) is 0 Å². The fourth-order valence-corrected chi connectivity index (χ4v) is 3.05. The van der Waals surface area contributed by atoms with Crippen LogP contribution in [0.4, 0.5) is 0 Å². The van der Waals surface area contributed by atoms with Gasteiger partial charge in [-0.3, -0.25) is 4.90 Å². The van der Waals surface area contributed by atoms with E-state index < -0.39 is 0 Å². The molecule has 0 amide bonds. The van der Waals surface area contributed by atoms with Crippen LogP contribution >= 0.6 is 0 Å². The number of rotatable bonds is 12. The molecular weight excluding hydrogens is 256 g/mol. The van der Waals surface area contributed by atoms with Gasteiger partial charge in [-0.1, -0.05) is 53.4 Å². The van der Waals surface area contributed by atoms with Crippen molar-refractivity contribution in [3.8, 4) is 0 Å². The van der Waals surface area contributed by atoms with Crippen LogP contribution in [-0.4, -0.2) is 12.4 Å². The van der Waals surface area contributed by atoms with E-state index in [1.807, 2.05) is 0 Å². The Balaban J connectivity index is 2.84. The lowest BCUT2D eigenvalue weighted by molar-refractivity contribution is -0.764. The molecule has 122 valence electrons. The molecule has 1 unspecified atom stereocenters. The van der Waals surface area contributed by atoms with E-state index in [1.165, 1.54) is 88.7 Å². The monoisotopic (exact) mass is 293 g/mol. The number of hydrogen-bond acceptors (Lipinski definition) is 1. The molecule has 1 rings (SSSR count). The lowest BCUT2D eigenvalue weighted by Crippen LogP contribution is -3.12. The van der Waals surface area contributed by atoms with E-state index in [0.717, 1.165) is 0 Å². The van der Waals surface area contributed by atoms with E-state index in [-0.39, 0.29) is 0 Å². The molecule has 0 saturated carbocycles. The van der Waals surface area contributed by atoms with E-state index in [0.29, 0.717) is 0 Å². The standard InChI is InChI=1S/C19H36N2/c1-5-9-13-17-18(14-10-6-2)21(16-12-8-4)19(20-17)15-11-7-3/h5-16H2,1-4H3/p+1. The molecule has 1 aliphatic heterocycles. The van der Waals surface area contributed by atoms with Gasteiger partial charge in [-0.25, -0.2) is 0 Å². The number of aliphatic imine (C=N–C) groups is 1. The molecule has 0 aliphatic carbocycles. The summed E-state index contributed by atoms with van der Waals surface area (Å²) in [5, 5.41) is 0. The highest BCUT2D eigenvalue weighted by Crippen LogP contribution is 2.20. The fourth-order valence-electron chi connectivity index (χ4n) is 3.05. The Morgan fingerprint density at radius 1 is 0.714 bits per heavy atom. The number of unbranched alkanes of at least 4 members (excludes halogenated alkanes) is 4. The SMILES string of the molecule is CCCCC1=NC(CCCC)=C(CCCC)[NH+]1CCCC. The summed E-state index contributed by atoms with van der Waals surface area (Å²) in [5.74, 6) is 1.45. The van der Waals surface area contributed by atoms with Gasteiger partial charge in [0.1, 0.15) is 11.4 Å². The van der Waals surface area contributed by atoms with Crippen molar-refractivity contribution in [3.05, 3.63) is 11.4 Å². The summed E-state index contributed by atoms with van der Waals surface area (Å²) in [6.07, 6.45) is 14.0. The maximum Gasteiger partial charge on any atom is 0.206 e. The molecule has 0 bridgehead atoms. The first-order valence-electron chi connectivity index (χ1n) is 9.44. The Morgan fingerprint density at radius 3 is 1.90 bits per heavy atom. The van der Waals surface area contributed by atoms with E-state index in [1.54, 1.807) is 10.6 Å². The predicted molar refractivity (Wildman–Crippen MR) is 93.8 cm³/mol. The molecular formula is C19H37N2+. The van der Waals surface area contributed by atoms with Crippen molar-refractivity contribution in [3.63, 3.8) is 0 Å². The number of hydrogen-bond donors (Lipinski definition) is 1. The van der Waals surface area contributed by atoms with Crippen molar-refractivity contribution >= 4 is 5.84 Å². The zero-order chi connectivity index (χ0) is 15.5. The number of amidine groups is 1. The second-order valence-electron chi connectivity index (χ2n) is 6.38. The van der Waals surface area contributed by atoms with Crippen LogP contribution in [0.3, 0.4) is 0 Å². The average molecular weight is 294 g/mol. The normalized spacial score (nSPS) is 18.5. The van der Waals surface area contributed by atoms with Crippen LogP contribution in [0, 0.1) is 0 Å². The molecule has 0 saturated heterocycles. The Kier molecular flexibility index (Phi) is 9.65. The maximum atomic E-state index is 5.09. The minimum atomic E-state index is 1.20. The van der Waals surface area contributed by atoms with Crippen molar-refractivity contribution in [2.45, 2.75) is 98.3 Å². The van der Waals surface area contributed by atoms with Gasteiger partial charge >= 0.3 is 0 Å². The lowest BCUT2D eigenvalue weighted by Gasteiger charge is -2.18. The molecule has 21 heavy (non-hydrogen) atoms. The van der Waals surface area contributed by atoms with Crippen molar-refractivity contribution in [1.82, 2.24) is 0 Å². The van der Waals surface area contributed by atoms with Crippen molar-refractivity contribution < 1.29 is 4.90 Å². The van der Waals surface area contributed by atoms with Gasteiger partial charge in [-0.15, -0.1) is 0 Å². The summed E-state index contributed by atoms with van der Waals surface area (Å²) in [6, 6.07) is 0. The van der Waals surface area contributed by atoms with Crippen molar-refractivity contribution in [2.24, 2.45) is 4.99 Å². The third-order valence-corrected chi connectivity index (χ3v) is 4.43. The topological polar surface area (TPSA) is 16.8 Å². The molecule has 1 aliphatic rings. The second kappa shape index (κ2) is 11.0. The first-order chi connectivity index (χ1) is 10.3.